The van der Waals surface area contributed by atoms with Gasteiger partial charge in [0.1, 0.15) is 5.01 Å². The molecule has 0 aliphatic rings. The van der Waals surface area contributed by atoms with Crippen LogP contribution in [0, 0.1) is 0 Å². The number of hydrogen-bond donors (Lipinski definition) is 1. The average Bonchev–Trinajstić information content (AvgIpc) is 3.39. The number of amides is 1. The third-order valence-corrected chi connectivity index (χ3v) is 6.08. The molecule has 0 aliphatic carbocycles. The molecule has 2 aromatic heterocycles. The highest BCUT2D eigenvalue weighted by Gasteiger charge is 2.23. The van der Waals surface area contributed by atoms with Gasteiger partial charge in [-0.1, -0.05) is 49.7 Å². The zero-order valence-corrected chi connectivity index (χ0v) is 17.4. The normalized spacial score (nSPS) is 12.9. The Labute approximate surface area is 172 Å². The summed E-state index contributed by atoms with van der Waals surface area (Å²) in [5.41, 5.74) is 1.26. The first-order valence-electron chi connectivity index (χ1n) is 9.14. The number of benzene rings is 1. The zero-order valence-electron chi connectivity index (χ0n) is 15.8. The number of rotatable bonds is 8. The lowest BCUT2D eigenvalue weighted by atomic mass is 10.0. The van der Waals surface area contributed by atoms with E-state index in [1.165, 1.54) is 11.3 Å². The second-order valence-electron chi connectivity index (χ2n) is 6.32. The summed E-state index contributed by atoms with van der Waals surface area (Å²) in [5.74, 6) is -0.905. The van der Waals surface area contributed by atoms with Crippen molar-refractivity contribution in [3.05, 3.63) is 64.5 Å². The summed E-state index contributed by atoms with van der Waals surface area (Å²) in [6, 6.07) is 13.6. The summed E-state index contributed by atoms with van der Waals surface area (Å²) < 4.78 is 5.34. The van der Waals surface area contributed by atoms with Crippen molar-refractivity contribution in [2.45, 2.75) is 38.8 Å². The van der Waals surface area contributed by atoms with Gasteiger partial charge in [0, 0.05) is 5.38 Å². The molecule has 3 aromatic rings. The van der Waals surface area contributed by atoms with Crippen LogP contribution in [0.15, 0.2) is 53.2 Å². The number of esters is 1. The van der Waals surface area contributed by atoms with Crippen molar-refractivity contribution in [2.75, 3.05) is 0 Å². The van der Waals surface area contributed by atoms with Crippen LogP contribution in [0.25, 0.3) is 9.88 Å². The third-order valence-electron chi connectivity index (χ3n) is 4.19. The fraction of sp³-hybridized carbons (Fsp3) is 0.286. The predicted molar refractivity (Wildman–Crippen MR) is 113 cm³/mol. The maximum absolute atomic E-state index is 12.6. The quantitative estimate of drug-likeness (QED) is 0.522. The Morgan fingerprint density at radius 1 is 1.14 bits per heavy atom. The van der Waals surface area contributed by atoms with Gasteiger partial charge < -0.3 is 10.1 Å². The molecule has 146 valence electrons. The van der Waals surface area contributed by atoms with Crippen LogP contribution in [-0.4, -0.2) is 23.0 Å². The van der Waals surface area contributed by atoms with Gasteiger partial charge in [-0.25, -0.2) is 9.78 Å². The lowest BCUT2D eigenvalue weighted by Gasteiger charge is -2.21. The molecule has 0 spiro atoms. The molecule has 2 atom stereocenters. The van der Waals surface area contributed by atoms with Gasteiger partial charge in [0.15, 0.2) is 11.8 Å². The van der Waals surface area contributed by atoms with Crippen LogP contribution < -0.4 is 5.32 Å². The third kappa shape index (κ3) is 5.05. The second-order valence-corrected chi connectivity index (χ2v) is 8.13. The fourth-order valence-corrected chi connectivity index (χ4v) is 4.34. The van der Waals surface area contributed by atoms with E-state index in [1.807, 2.05) is 47.8 Å². The van der Waals surface area contributed by atoms with E-state index in [1.54, 1.807) is 23.6 Å². The number of nitrogens with zero attached hydrogens (tertiary/aromatic N) is 1. The van der Waals surface area contributed by atoms with Crippen molar-refractivity contribution >= 4 is 34.6 Å². The molecule has 0 aliphatic heterocycles. The molecule has 0 bridgehead atoms. The number of carbonyl (C=O) groups excluding carboxylic acids is 2. The summed E-state index contributed by atoms with van der Waals surface area (Å²) in [4.78, 5) is 30.3. The number of ether oxygens (including phenoxy) is 1. The van der Waals surface area contributed by atoms with Crippen LogP contribution in [0.2, 0.25) is 0 Å². The number of aromatic nitrogens is 1. The van der Waals surface area contributed by atoms with E-state index in [0.29, 0.717) is 0 Å². The number of thiazole rings is 1. The molecular weight excluding hydrogens is 392 g/mol. The van der Waals surface area contributed by atoms with Crippen LogP contribution >= 0.6 is 22.7 Å². The van der Waals surface area contributed by atoms with Crippen molar-refractivity contribution in [3.63, 3.8) is 0 Å². The Morgan fingerprint density at radius 3 is 2.61 bits per heavy atom. The van der Waals surface area contributed by atoms with Gasteiger partial charge in [0.2, 0.25) is 0 Å². The molecule has 5 nitrogen and oxygen atoms in total. The lowest BCUT2D eigenvalue weighted by Crippen LogP contribution is -2.38. The Kier molecular flexibility index (Phi) is 6.95. The van der Waals surface area contributed by atoms with Gasteiger partial charge in [-0.2, -0.15) is 0 Å². The van der Waals surface area contributed by atoms with Crippen molar-refractivity contribution in [2.24, 2.45) is 0 Å². The van der Waals surface area contributed by atoms with Crippen molar-refractivity contribution in [1.29, 1.82) is 0 Å². The van der Waals surface area contributed by atoms with E-state index >= 15 is 0 Å². The van der Waals surface area contributed by atoms with Crippen LogP contribution in [0.3, 0.4) is 0 Å². The average molecular weight is 415 g/mol. The van der Waals surface area contributed by atoms with E-state index < -0.39 is 12.1 Å². The van der Waals surface area contributed by atoms with Crippen LogP contribution in [-0.2, 0) is 9.53 Å². The first-order valence-corrected chi connectivity index (χ1v) is 10.9. The van der Waals surface area contributed by atoms with Gasteiger partial charge in [0.25, 0.3) is 5.91 Å². The van der Waals surface area contributed by atoms with Crippen LogP contribution in [0.4, 0.5) is 0 Å². The standard InChI is InChI=1S/C21H22N2O3S2/c1-3-8-16(15-9-5-4-6-10-15)22-19(24)14(2)26-21(25)17-13-28-20(23-17)18-11-7-12-27-18/h4-7,9-14,16H,3,8H2,1-2H3,(H,22,24)/t14-,16+/m0/s1. The van der Waals surface area contributed by atoms with E-state index in [4.69, 9.17) is 4.74 Å². The van der Waals surface area contributed by atoms with Gasteiger partial charge in [-0.3, -0.25) is 4.79 Å². The molecule has 2 heterocycles. The molecule has 1 N–H and O–H groups in total. The Bertz CT molecular complexity index is 907. The summed E-state index contributed by atoms with van der Waals surface area (Å²) >= 11 is 2.94. The maximum Gasteiger partial charge on any atom is 0.358 e. The van der Waals surface area contributed by atoms with E-state index in [9.17, 15) is 9.59 Å². The SMILES string of the molecule is CCC[C@@H](NC(=O)[C@H](C)OC(=O)c1csc(-c2cccs2)n1)c1ccccc1. The molecule has 1 amide bonds. The topological polar surface area (TPSA) is 68.3 Å². The number of nitrogens with one attached hydrogen (secondary N) is 1. The van der Waals surface area contributed by atoms with Crippen LogP contribution in [0.1, 0.15) is 48.8 Å². The Hall–Kier alpha value is -2.51. The highest BCUT2D eigenvalue weighted by molar-refractivity contribution is 7.20. The van der Waals surface area contributed by atoms with Crippen LogP contribution in [0.5, 0.6) is 0 Å². The molecular formula is C21H22N2O3S2. The predicted octanol–water partition coefficient (Wildman–Crippen LogP) is 5.07. The Balaban J connectivity index is 1.61. The summed E-state index contributed by atoms with van der Waals surface area (Å²) in [5, 5.41) is 7.37. The Morgan fingerprint density at radius 2 is 1.93 bits per heavy atom. The van der Waals surface area contributed by atoms with E-state index in [-0.39, 0.29) is 17.6 Å². The molecule has 7 heteroatoms. The second kappa shape index (κ2) is 9.61. The minimum atomic E-state index is -0.901. The first kappa shape index (κ1) is 20.2. The smallest absolute Gasteiger partial charge is 0.358 e. The summed E-state index contributed by atoms with van der Waals surface area (Å²) in [6.07, 6.45) is 0.841. The number of carbonyl (C=O) groups is 2. The summed E-state index contributed by atoms with van der Waals surface area (Å²) in [7, 11) is 0. The molecule has 0 unspecified atom stereocenters. The van der Waals surface area contributed by atoms with Gasteiger partial charge in [-0.05, 0) is 30.4 Å². The van der Waals surface area contributed by atoms with E-state index in [0.717, 1.165) is 28.3 Å². The highest BCUT2D eigenvalue weighted by atomic mass is 32.1. The van der Waals surface area contributed by atoms with Crippen molar-refractivity contribution in [3.8, 4) is 9.88 Å². The lowest BCUT2D eigenvalue weighted by molar-refractivity contribution is -0.129. The minimum absolute atomic E-state index is 0.107. The van der Waals surface area contributed by atoms with E-state index in [2.05, 4.69) is 17.2 Å². The molecule has 28 heavy (non-hydrogen) atoms. The number of hydrogen-bond acceptors (Lipinski definition) is 6. The molecule has 1 aromatic carbocycles. The largest absolute Gasteiger partial charge is 0.448 e. The molecule has 0 saturated heterocycles. The zero-order chi connectivity index (χ0) is 19.9. The fourth-order valence-electron chi connectivity index (χ4n) is 2.74. The number of thiophene rings is 1. The summed E-state index contributed by atoms with van der Waals surface area (Å²) in [6.45, 7) is 3.65. The van der Waals surface area contributed by atoms with Crippen molar-refractivity contribution < 1.29 is 14.3 Å². The molecule has 3 rings (SSSR count). The maximum atomic E-state index is 12.6. The van der Waals surface area contributed by atoms with Gasteiger partial charge in [-0.15, -0.1) is 22.7 Å². The molecule has 0 saturated carbocycles. The van der Waals surface area contributed by atoms with Gasteiger partial charge in [0.05, 0.1) is 10.9 Å². The molecule has 0 fully saturated rings. The first-order chi connectivity index (χ1) is 13.6. The highest BCUT2D eigenvalue weighted by Crippen LogP contribution is 2.28. The van der Waals surface area contributed by atoms with Crippen molar-refractivity contribution in [1.82, 2.24) is 10.3 Å². The minimum Gasteiger partial charge on any atom is -0.448 e. The van der Waals surface area contributed by atoms with Gasteiger partial charge >= 0.3 is 5.97 Å². The molecule has 0 radical (unpaired) electrons. The monoisotopic (exact) mass is 414 g/mol.